The molecule has 6 nitrogen and oxygen atoms in total. The molecular weight excluding hydrogens is 172 g/mol. The normalized spacial score (nSPS) is 10.0. The maximum atomic E-state index is 10.9. The van der Waals surface area contributed by atoms with Crippen LogP contribution in [0.5, 0.6) is 0 Å². The Morgan fingerprint density at radius 3 is 3.08 bits per heavy atom. The third-order valence-electron chi connectivity index (χ3n) is 1.51. The molecule has 0 atom stereocenters. The fourth-order valence-corrected chi connectivity index (χ4v) is 0.870. The predicted octanol–water partition coefficient (Wildman–Crippen LogP) is -0.387. The Morgan fingerprint density at radius 2 is 2.46 bits per heavy atom. The number of hydrogen-bond donors (Lipinski definition) is 0. The van der Waals surface area contributed by atoms with Crippen LogP contribution < -0.4 is 0 Å². The molecule has 0 amide bonds. The Kier molecular flexibility index (Phi) is 3.36. The first-order valence-corrected chi connectivity index (χ1v) is 3.89. The number of methoxy groups -OCH3 is 1. The second kappa shape index (κ2) is 4.54. The molecule has 1 heterocycles. The van der Waals surface area contributed by atoms with Crippen LogP contribution in [0.3, 0.4) is 0 Å². The van der Waals surface area contributed by atoms with Crippen LogP contribution in [0.25, 0.3) is 0 Å². The van der Waals surface area contributed by atoms with E-state index in [4.69, 9.17) is 0 Å². The lowest BCUT2D eigenvalue weighted by atomic mass is 10.3. The van der Waals surface area contributed by atoms with Crippen LogP contribution >= 0.6 is 0 Å². The molecule has 0 saturated carbocycles. The van der Waals surface area contributed by atoms with E-state index in [0.717, 1.165) is 0 Å². The van der Waals surface area contributed by atoms with E-state index >= 15 is 0 Å². The predicted molar refractivity (Wildman–Crippen MR) is 43.5 cm³/mol. The van der Waals surface area contributed by atoms with Crippen molar-refractivity contribution in [1.82, 2.24) is 20.2 Å². The molecular formula is C7H11N4O2. The van der Waals surface area contributed by atoms with Crippen LogP contribution in [0.4, 0.5) is 0 Å². The highest BCUT2D eigenvalue weighted by Crippen LogP contribution is 1.96. The second-order valence-corrected chi connectivity index (χ2v) is 2.43. The minimum absolute atomic E-state index is 0.0544. The summed E-state index contributed by atoms with van der Waals surface area (Å²) in [5.74, 6) is 0.290. The Bertz CT molecular complexity index is 284. The largest absolute Gasteiger partial charge is 0.468 e. The van der Waals surface area contributed by atoms with Crippen molar-refractivity contribution in [2.45, 2.75) is 19.4 Å². The van der Waals surface area contributed by atoms with Gasteiger partial charge in [-0.3, -0.25) is 4.79 Å². The van der Waals surface area contributed by atoms with Crippen LogP contribution in [0.15, 0.2) is 0 Å². The van der Waals surface area contributed by atoms with E-state index in [9.17, 15) is 4.79 Å². The summed E-state index contributed by atoms with van der Waals surface area (Å²) in [6.07, 6.45) is 1.35. The zero-order chi connectivity index (χ0) is 9.68. The van der Waals surface area contributed by atoms with Gasteiger partial charge in [-0.25, -0.2) is 4.68 Å². The number of carbonyl (C=O) groups is 1. The molecule has 0 aliphatic heterocycles. The van der Waals surface area contributed by atoms with Crippen LogP contribution in [0, 0.1) is 6.92 Å². The smallest absolute Gasteiger partial charge is 0.327 e. The summed E-state index contributed by atoms with van der Waals surface area (Å²) in [5, 5.41) is 10.9. The highest BCUT2D eigenvalue weighted by atomic mass is 16.5. The van der Waals surface area contributed by atoms with Crippen molar-refractivity contribution in [3.8, 4) is 0 Å². The van der Waals surface area contributed by atoms with Gasteiger partial charge < -0.3 is 4.74 Å². The van der Waals surface area contributed by atoms with E-state index in [1.54, 1.807) is 0 Å². The van der Waals surface area contributed by atoms with Crippen molar-refractivity contribution in [3.05, 3.63) is 12.7 Å². The fourth-order valence-electron chi connectivity index (χ4n) is 0.870. The maximum absolute atomic E-state index is 10.9. The number of tetrazole rings is 1. The molecule has 0 fully saturated rings. The minimum atomic E-state index is -0.363. The molecule has 0 unspecified atom stereocenters. The van der Waals surface area contributed by atoms with E-state index < -0.39 is 0 Å². The molecule has 1 radical (unpaired) electrons. The summed E-state index contributed by atoms with van der Waals surface area (Å²) >= 11 is 0. The van der Waals surface area contributed by atoms with Crippen molar-refractivity contribution in [1.29, 1.82) is 0 Å². The first-order valence-electron chi connectivity index (χ1n) is 3.89. The summed E-state index contributed by atoms with van der Waals surface area (Å²) in [4.78, 5) is 10.9. The Labute approximate surface area is 75.9 Å². The van der Waals surface area contributed by atoms with Gasteiger partial charge in [-0.2, -0.15) is 0 Å². The van der Waals surface area contributed by atoms with Gasteiger partial charge in [0.05, 0.1) is 7.11 Å². The molecule has 71 valence electrons. The van der Waals surface area contributed by atoms with E-state index in [1.165, 1.54) is 11.8 Å². The second-order valence-electron chi connectivity index (χ2n) is 2.43. The molecule has 0 aliphatic carbocycles. The molecule has 0 aromatic carbocycles. The molecule has 0 spiro atoms. The highest BCUT2D eigenvalue weighted by molar-refractivity contribution is 5.68. The molecule has 1 rings (SSSR count). The van der Waals surface area contributed by atoms with E-state index in [0.29, 0.717) is 18.7 Å². The number of nitrogens with zero attached hydrogens (tertiary/aromatic N) is 4. The maximum Gasteiger partial charge on any atom is 0.327 e. The average Bonchev–Trinajstić information content (AvgIpc) is 2.54. The summed E-state index contributed by atoms with van der Waals surface area (Å²) in [7, 11) is 1.33. The SMILES string of the molecule is [CH2]CCc1nnnn1CC(=O)OC. The first kappa shape index (κ1) is 9.63. The van der Waals surface area contributed by atoms with Gasteiger partial charge in [0.15, 0.2) is 5.82 Å². The number of aromatic nitrogens is 4. The molecule has 6 heteroatoms. The Morgan fingerprint density at radius 1 is 1.69 bits per heavy atom. The lowest BCUT2D eigenvalue weighted by molar-refractivity contribution is -0.141. The number of carbonyl (C=O) groups excluding carboxylic acids is 1. The van der Waals surface area contributed by atoms with Crippen molar-refractivity contribution in [2.75, 3.05) is 7.11 Å². The van der Waals surface area contributed by atoms with Crippen LogP contribution in [-0.2, 0) is 22.5 Å². The third kappa shape index (κ3) is 2.50. The molecule has 0 N–H and O–H groups in total. The van der Waals surface area contributed by atoms with Gasteiger partial charge in [0.2, 0.25) is 0 Å². The van der Waals surface area contributed by atoms with Gasteiger partial charge in [0, 0.05) is 6.42 Å². The number of rotatable bonds is 4. The molecule has 1 aromatic rings. The molecule has 0 aliphatic rings. The number of aryl methyl sites for hydroxylation is 1. The quantitative estimate of drug-likeness (QED) is 0.595. The first-order chi connectivity index (χ1) is 6.27. The van der Waals surface area contributed by atoms with Crippen molar-refractivity contribution in [3.63, 3.8) is 0 Å². The van der Waals surface area contributed by atoms with Crippen molar-refractivity contribution in [2.24, 2.45) is 0 Å². The molecule has 0 saturated heterocycles. The lowest BCUT2D eigenvalue weighted by Gasteiger charge is -2.00. The van der Waals surface area contributed by atoms with E-state index in [-0.39, 0.29) is 12.5 Å². The van der Waals surface area contributed by atoms with Gasteiger partial charge in [0.1, 0.15) is 6.54 Å². The number of hydrogen-bond acceptors (Lipinski definition) is 5. The molecule has 13 heavy (non-hydrogen) atoms. The van der Waals surface area contributed by atoms with Crippen molar-refractivity contribution >= 4 is 5.97 Å². The van der Waals surface area contributed by atoms with Crippen LogP contribution in [-0.4, -0.2) is 33.3 Å². The zero-order valence-electron chi connectivity index (χ0n) is 7.43. The van der Waals surface area contributed by atoms with Crippen molar-refractivity contribution < 1.29 is 9.53 Å². The van der Waals surface area contributed by atoms with Gasteiger partial charge in [-0.15, -0.1) is 5.10 Å². The van der Waals surface area contributed by atoms with Gasteiger partial charge in [0.25, 0.3) is 0 Å². The van der Waals surface area contributed by atoms with E-state index in [1.807, 2.05) is 0 Å². The number of ether oxygens (including phenoxy) is 1. The molecule has 0 bridgehead atoms. The van der Waals surface area contributed by atoms with Gasteiger partial charge in [-0.1, -0.05) is 6.92 Å². The third-order valence-corrected chi connectivity index (χ3v) is 1.51. The topological polar surface area (TPSA) is 69.9 Å². The zero-order valence-corrected chi connectivity index (χ0v) is 7.43. The standard InChI is InChI=1S/C7H11N4O2/c1-3-4-6-8-9-10-11(6)5-7(12)13-2/h1,3-5H2,2H3. The fraction of sp³-hybridized carbons (Fsp3) is 0.571. The lowest BCUT2D eigenvalue weighted by Crippen LogP contribution is -2.15. The number of esters is 1. The average molecular weight is 183 g/mol. The van der Waals surface area contributed by atoms with Crippen LogP contribution in [0.1, 0.15) is 12.2 Å². The summed E-state index contributed by atoms with van der Waals surface area (Å²) < 4.78 is 5.90. The summed E-state index contributed by atoms with van der Waals surface area (Å²) in [6, 6.07) is 0. The summed E-state index contributed by atoms with van der Waals surface area (Å²) in [5.41, 5.74) is 0. The van der Waals surface area contributed by atoms with Gasteiger partial charge >= 0.3 is 5.97 Å². The van der Waals surface area contributed by atoms with Gasteiger partial charge in [-0.05, 0) is 16.8 Å². The van der Waals surface area contributed by atoms with E-state index in [2.05, 4.69) is 27.2 Å². The minimum Gasteiger partial charge on any atom is -0.468 e. The molecule has 1 aromatic heterocycles. The van der Waals surface area contributed by atoms with Crippen LogP contribution in [0.2, 0.25) is 0 Å². The highest BCUT2D eigenvalue weighted by Gasteiger charge is 2.08. The monoisotopic (exact) mass is 183 g/mol. The Hall–Kier alpha value is -1.46. The Balaban J connectivity index is 2.64. The summed E-state index contributed by atoms with van der Waals surface area (Å²) in [6.45, 7) is 3.73.